The molecule has 0 aliphatic carbocycles. The van der Waals surface area contributed by atoms with Crippen molar-refractivity contribution in [1.29, 1.82) is 0 Å². The summed E-state index contributed by atoms with van der Waals surface area (Å²) < 4.78 is 18.7. The number of hydrogen-bond donors (Lipinski definition) is 0. The highest BCUT2D eigenvalue weighted by Gasteiger charge is 2.14. The SMILES string of the molecule is CCOc1ccc(N2CCCC2)cc1F. The van der Waals surface area contributed by atoms with Crippen LogP contribution in [0, 0.1) is 5.82 Å². The van der Waals surface area contributed by atoms with Crippen molar-refractivity contribution < 1.29 is 9.13 Å². The fraction of sp³-hybridized carbons (Fsp3) is 0.500. The van der Waals surface area contributed by atoms with Gasteiger partial charge in [0, 0.05) is 24.8 Å². The van der Waals surface area contributed by atoms with Gasteiger partial charge in [-0.2, -0.15) is 0 Å². The van der Waals surface area contributed by atoms with Gasteiger partial charge in [-0.1, -0.05) is 0 Å². The van der Waals surface area contributed by atoms with E-state index in [-0.39, 0.29) is 5.82 Å². The van der Waals surface area contributed by atoms with E-state index in [2.05, 4.69) is 4.90 Å². The molecule has 1 aromatic rings. The summed E-state index contributed by atoms with van der Waals surface area (Å²) in [6.07, 6.45) is 2.41. The molecule has 0 unspecified atom stereocenters. The first-order valence-electron chi connectivity index (χ1n) is 5.48. The molecule has 0 N–H and O–H groups in total. The molecule has 0 spiro atoms. The number of ether oxygens (including phenoxy) is 1. The van der Waals surface area contributed by atoms with Gasteiger partial charge in [0.2, 0.25) is 0 Å². The zero-order chi connectivity index (χ0) is 10.7. The fourth-order valence-corrected chi connectivity index (χ4v) is 1.93. The standard InChI is InChI=1S/C12H16FNO/c1-2-15-12-6-5-10(9-11(12)13)14-7-3-4-8-14/h5-6,9H,2-4,7-8H2,1H3. The van der Waals surface area contributed by atoms with Gasteiger partial charge in [0.25, 0.3) is 0 Å². The quantitative estimate of drug-likeness (QED) is 0.759. The van der Waals surface area contributed by atoms with Gasteiger partial charge < -0.3 is 9.64 Å². The van der Waals surface area contributed by atoms with Crippen LogP contribution in [0.5, 0.6) is 5.75 Å². The average Bonchev–Trinajstić information content (AvgIpc) is 2.74. The molecule has 2 rings (SSSR count). The second-order valence-electron chi connectivity index (χ2n) is 3.74. The molecule has 1 saturated heterocycles. The lowest BCUT2D eigenvalue weighted by Gasteiger charge is -2.18. The summed E-state index contributed by atoms with van der Waals surface area (Å²) >= 11 is 0. The first-order valence-corrected chi connectivity index (χ1v) is 5.48. The molecule has 1 aromatic carbocycles. The summed E-state index contributed by atoms with van der Waals surface area (Å²) in [5.74, 6) is 0.0849. The second kappa shape index (κ2) is 4.51. The van der Waals surface area contributed by atoms with Crippen molar-refractivity contribution in [3.05, 3.63) is 24.0 Å². The summed E-state index contributed by atoms with van der Waals surface area (Å²) in [7, 11) is 0. The Kier molecular flexibility index (Phi) is 3.09. The molecule has 0 aromatic heterocycles. The Balaban J connectivity index is 2.16. The molecule has 0 radical (unpaired) electrons. The number of benzene rings is 1. The van der Waals surface area contributed by atoms with Crippen LogP contribution in [0.15, 0.2) is 18.2 Å². The summed E-state index contributed by atoms with van der Waals surface area (Å²) in [6, 6.07) is 5.21. The molecule has 0 atom stereocenters. The van der Waals surface area contributed by atoms with Gasteiger partial charge in [0.1, 0.15) is 0 Å². The molecule has 82 valence electrons. The molecule has 3 heteroatoms. The highest BCUT2D eigenvalue weighted by Crippen LogP contribution is 2.26. The van der Waals surface area contributed by atoms with Crippen LogP contribution in [-0.2, 0) is 0 Å². The minimum absolute atomic E-state index is 0.263. The van der Waals surface area contributed by atoms with Gasteiger partial charge in [-0.25, -0.2) is 4.39 Å². The van der Waals surface area contributed by atoms with Crippen LogP contribution in [0.2, 0.25) is 0 Å². The van der Waals surface area contributed by atoms with Crippen LogP contribution < -0.4 is 9.64 Å². The van der Waals surface area contributed by atoms with Crippen molar-refractivity contribution in [2.75, 3.05) is 24.6 Å². The smallest absolute Gasteiger partial charge is 0.167 e. The summed E-state index contributed by atoms with van der Waals surface area (Å²) in [4.78, 5) is 2.21. The minimum atomic E-state index is -0.263. The molecule has 1 aliphatic heterocycles. The topological polar surface area (TPSA) is 12.5 Å². The Morgan fingerprint density at radius 3 is 2.67 bits per heavy atom. The number of rotatable bonds is 3. The van der Waals surface area contributed by atoms with Crippen LogP contribution >= 0.6 is 0 Å². The molecule has 1 heterocycles. The molecular formula is C12H16FNO. The average molecular weight is 209 g/mol. The minimum Gasteiger partial charge on any atom is -0.491 e. The van der Waals surface area contributed by atoms with Crippen LogP contribution in [-0.4, -0.2) is 19.7 Å². The lowest BCUT2D eigenvalue weighted by molar-refractivity contribution is 0.321. The van der Waals surface area contributed by atoms with Gasteiger partial charge in [-0.15, -0.1) is 0 Å². The van der Waals surface area contributed by atoms with E-state index in [1.54, 1.807) is 12.1 Å². The molecule has 15 heavy (non-hydrogen) atoms. The van der Waals surface area contributed by atoms with E-state index in [1.807, 2.05) is 13.0 Å². The van der Waals surface area contributed by atoms with Gasteiger partial charge in [0.05, 0.1) is 6.61 Å². The maximum Gasteiger partial charge on any atom is 0.167 e. The van der Waals surface area contributed by atoms with E-state index in [4.69, 9.17) is 4.74 Å². The van der Waals surface area contributed by atoms with Crippen molar-refractivity contribution >= 4 is 5.69 Å². The highest BCUT2D eigenvalue weighted by molar-refractivity contribution is 5.50. The van der Waals surface area contributed by atoms with Gasteiger partial charge >= 0.3 is 0 Å². The molecular weight excluding hydrogens is 193 g/mol. The number of nitrogens with zero attached hydrogens (tertiary/aromatic N) is 1. The highest BCUT2D eigenvalue weighted by atomic mass is 19.1. The Morgan fingerprint density at radius 2 is 2.07 bits per heavy atom. The Hall–Kier alpha value is -1.25. The third-order valence-electron chi connectivity index (χ3n) is 2.69. The monoisotopic (exact) mass is 209 g/mol. The van der Waals surface area contributed by atoms with Gasteiger partial charge in [-0.3, -0.25) is 0 Å². The normalized spacial score (nSPS) is 15.7. The Morgan fingerprint density at radius 1 is 1.33 bits per heavy atom. The molecule has 2 nitrogen and oxygen atoms in total. The first-order chi connectivity index (χ1) is 7.31. The second-order valence-corrected chi connectivity index (χ2v) is 3.74. The van der Waals surface area contributed by atoms with Crippen molar-refractivity contribution in [1.82, 2.24) is 0 Å². The van der Waals surface area contributed by atoms with Crippen molar-refractivity contribution in [2.24, 2.45) is 0 Å². The van der Waals surface area contributed by atoms with Crippen LogP contribution in [0.1, 0.15) is 19.8 Å². The van der Waals surface area contributed by atoms with E-state index in [9.17, 15) is 4.39 Å². The zero-order valence-corrected chi connectivity index (χ0v) is 9.00. The first kappa shape index (κ1) is 10.3. The number of halogens is 1. The third kappa shape index (κ3) is 2.22. The Bertz CT molecular complexity index is 334. The lowest BCUT2D eigenvalue weighted by Crippen LogP contribution is -2.17. The summed E-state index contributed by atoms with van der Waals surface area (Å²) in [5.41, 5.74) is 0.966. The van der Waals surface area contributed by atoms with Crippen LogP contribution in [0.25, 0.3) is 0 Å². The maximum absolute atomic E-state index is 13.5. The van der Waals surface area contributed by atoms with Gasteiger partial charge in [0.15, 0.2) is 11.6 Å². The maximum atomic E-state index is 13.5. The Labute approximate surface area is 89.7 Å². The van der Waals surface area contributed by atoms with E-state index in [1.165, 1.54) is 12.8 Å². The number of anilines is 1. The molecule has 1 aliphatic rings. The third-order valence-corrected chi connectivity index (χ3v) is 2.69. The molecule has 1 fully saturated rings. The lowest BCUT2D eigenvalue weighted by atomic mass is 10.2. The summed E-state index contributed by atoms with van der Waals surface area (Å²) in [5, 5.41) is 0. The van der Waals surface area contributed by atoms with Crippen molar-refractivity contribution in [3.63, 3.8) is 0 Å². The number of hydrogen-bond acceptors (Lipinski definition) is 2. The van der Waals surface area contributed by atoms with E-state index in [0.717, 1.165) is 18.8 Å². The predicted molar refractivity (Wildman–Crippen MR) is 59.0 cm³/mol. The van der Waals surface area contributed by atoms with Crippen molar-refractivity contribution in [3.8, 4) is 5.75 Å². The van der Waals surface area contributed by atoms with Crippen LogP contribution in [0.3, 0.4) is 0 Å². The van der Waals surface area contributed by atoms with E-state index >= 15 is 0 Å². The summed E-state index contributed by atoms with van der Waals surface area (Å²) in [6.45, 7) is 4.43. The van der Waals surface area contributed by atoms with E-state index in [0.29, 0.717) is 12.4 Å². The molecule has 0 amide bonds. The van der Waals surface area contributed by atoms with Crippen molar-refractivity contribution in [2.45, 2.75) is 19.8 Å². The zero-order valence-electron chi connectivity index (χ0n) is 9.00. The van der Waals surface area contributed by atoms with Crippen LogP contribution in [0.4, 0.5) is 10.1 Å². The molecule has 0 saturated carbocycles. The fourth-order valence-electron chi connectivity index (χ4n) is 1.93. The van der Waals surface area contributed by atoms with E-state index < -0.39 is 0 Å². The van der Waals surface area contributed by atoms with Gasteiger partial charge in [-0.05, 0) is 31.9 Å². The largest absolute Gasteiger partial charge is 0.491 e. The predicted octanol–water partition coefficient (Wildman–Crippen LogP) is 2.82. The molecule has 0 bridgehead atoms.